The standard InChI is InChI=1S/C9H15NO3S/c1-8(2)5-6(11)7(14(12)13)9(3,4)10-8/h10H,5H2,1-4H3. The van der Waals surface area contributed by atoms with Crippen LogP contribution in [0.3, 0.4) is 0 Å². The van der Waals surface area contributed by atoms with E-state index in [1.54, 1.807) is 13.8 Å². The number of piperidine rings is 1. The van der Waals surface area contributed by atoms with Crippen LogP contribution in [-0.2, 0) is 15.1 Å². The first-order chi connectivity index (χ1) is 6.16. The van der Waals surface area contributed by atoms with Crippen molar-refractivity contribution in [1.29, 1.82) is 0 Å². The molecule has 1 aliphatic rings. The van der Waals surface area contributed by atoms with Crippen LogP contribution in [0.1, 0.15) is 34.1 Å². The number of rotatable bonds is 0. The Morgan fingerprint density at radius 3 is 2.07 bits per heavy atom. The molecule has 0 bridgehead atoms. The molecule has 0 aromatic rings. The second-order valence-electron chi connectivity index (χ2n) is 4.80. The quantitative estimate of drug-likeness (QED) is 0.587. The molecule has 1 fully saturated rings. The van der Waals surface area contributed by atoms with E-state index in [1.807, 2.05) is 13.8 Å². The van der Waals surface area contributed by atoms with Crippen molar-refractivity contribution in [3.05, 3.63) is 0 Å². The van der Waals surface area contributed by atoms with Crippen LogP contribution in [0.2, 0.25) is 0 Å². The Morgan fingerprint density at radius 1 is 1.21 bits per heavy atom. The maximum absolute atomic E-state index is 11.6. The monoisotopic (exact) mass is 217 g/mol. The molecule has 5 heteroatoms. The Labute approximate surface area is 85.2 Å². The second-order valence-corrected chi connectivity index (χ2v) is 5.68. The molecule has 1 heterocycles. The third-order valence-corrected chi connectivity index (χ3v) is 3.31. The predicted octanol–water partition coefficient (Wildman–Crippen LogP) is 0.157. The van der Waals surface area contributed by atoms with Crippen LogP contribution in [0, 0.1) is 0 Å². The highest BCUT2D eigenvalue weighted by atomic mass is 32.2. The van der Waals surface area contributed by atoms with Crippen molar-refractivity contribution in [2.75, 3.05) is 0 Å². The molecule has 14 heavy (non-hydrogen) atoms. The van der Waals surface area contributed by atoms with E-state index in [-0.39, 0.29) is 22.6 Å². The van der Waals surface area contributed by atoms with Gasteiger partial charge in [-0.05, 0) is 27.7 Å². The zero-order valence-electron chi connectivity index (χ0n) is 8.84. The maximum atomic E-state index is 11.6. The minimum absolute atomic E-state index is 0.0446. The number of ketones is 1. The van der Waals surface area contributed by atoms with Crippen LogP contribution in [0.4, 0.5) is 0 Å². The van der Waals surface area contributed by atoms with Gasteiger partial charge in [-0.15, -0.1) is 0 Å². The van der Waals surface area contributed by atoms with Crippen LogP contribution in [0.5, 0.6) is 0 Å². The lowest BCUT2D eigenvalue weighted by Crippen LogP contribution is -2.64. The van der Waals surface area contributed by atoms with E-state index in [0.717, 1.165) is 0 Å². The van der Waals surface area contributed by atoms with Gasteiger partial charge in [-0.1, -0.05) is 0 Å². The van der Waals surface area contributed by atoms with Gasteiger partial charge in [-0.2, -0.15) is 8.42 Å². The Hall–Kier alpha value is -0.680. The fourth-order valence-electron chi connectivity index (χ4n) is 2.08. The van der Waals surface area contributed by atoms with Gasteiger partial charge in [-0.3, -0.25) is 4.79 Å². The van der Waals surface area contributed by atoms with E-state index in [0.29, 0.717) is 0 Å². The number of hydrogen-bond donors (Lipinski definition) is 1. The second kappa shape index (κ2) is 3.17. The number of carbonyl (C=O) groups excluding carboxylic acids is 1. The lowest BCUT2D eigenvalue weighted by Gasteiger charge is -2.41. The Bertz CT molecular complexity index is 396. The van der Waals surface area contributed by atoms with Gasteiger partial charge in [0.05, 0.1) is 5.54 Å². The van der Waals surface area contributed by atoms with Crippen molar-refractivity contribution in [2.24, 2.45) is 0 Å². The largest absolute Gasteiger partial charge is 0.301 e. The van der Waals surface area contributed by atoms with E-state index in [2.05, 4.69) is 5.32 Å². The average molecular weight is 217 g/mol. The fourth-order valence-corrected chi connectivity index (χ4v) is 2.80. The Kier molecular flexibility index (Phi) is 2.58. The molecule has 0 saturated carbocycles. The molecule has 1 aliphatic heterocycles. The summed E-state index contributed by atoms with van der Waals surface area (Å²) in [6, 6.07) is 0. The van der Waals surface area contributed by atoms with Crippen LogP contribution >= 0.6 is 0 Å². The van der Waals surface area contributed by atoms with Crippen molar-refractivity contribution in [1.82, 2.24) is 5.32 Å². The molecule has 1 N–H and O–H groups in total. The van der Waals surface area contributed by atoms with Crippen molar-refractivity contribution in [3.8, 4) is 0 Å². The first-order valence-corrected chi connectivity index (χ1v) is 5.52. The molecule has 0 radical (unpaired) electrons. The van der Waals surface area contributed by atoms with Crippen molar-refractivity contribution < 1.29 is 13.2 Å². The van der Waals surface area contributed by atoms with Crippen molar-refractivity contribution >= 4 is 20.9 Å². The smallest absolute Gasteiger partial charge is 0.222 e. The van der Waals surface area contributed by atoms with E-state index in [4.69, 9.17) is 0 Å². The van der Waals surface area contributed by atoms with Gasteiger partial charge in [0.1, 0.15) is 4.86 Å². The van der Waals surface area contributed by atoms with Gasteiger partial charge in [0.25, 0.3) is 0 Å². The first-order valence-electron chi connectivity index (χ1n) is 4.45. The maximum Gasteiger partial charge on any atom is 0.222 e. The van der Waals surface area contributed by atoms with Gasteiger partial charge >= 0.3 is 0 Å². The summed E-state index contributed by atoms with van der Waals surface area (Å²) in [4.78, 5) is 11.6. The number of Topliss-reactive ketones (excluding diaryl/α,β-unsaturated/α-hetero) is 1. The highest BCUT2D eigenvalue weighted by molar-refractivity contribution is 7.75. The Balaban J connectivity index is 3.29. The predicted molar refractivity (Wildman–Crippen MR) is 54.8 cm³/mol. The SMILES string of the molecule is CC1(C)CC(=O)C(=S(=O)=O)C(C)(C)N1. The molecule has 0 amide bonds. The topological polar surface area (TPSA) is 63.2 Å². The van der Waals surface area contributed by atoms with Crippen LogP contribution in [-0.4, -0.2) is 30.1 Å². The zero-order valence-corrected chi connectivity index (χ0v) is 9.66. The highest BCUT2D eigenvalue weighted by Gasteiger charge is 2.43. The van der Waals surface area contributed by atoms with Gasteiger partial charge in [0.2, 0.25) is 10.3 Å². The highest BCUT2D eigenvalue weighted by Crippen LogP contribution is 2.23. The molecule has 0 spiro atoms. The van der Waals surface area contributed by atoms with E-state index >= 15 is 0 Å². The third kappa shape index (κ3) is 2.04. The average Bonchev–Trinajstić information content (AvgIpc) is 1.75. The first kappa shape index (κ1) is 11.4. The molecule has 80 valence electrons. The lowest BCUT2D eigenvalue weighted by atomic mass is 9.82. The fraction of sp³-hybridized carbons (Fsp3) is 0.778. The van der Waals surface area contributed by atoms with Crippen molar-refractivity contribution in [3.63, 3.8) is 0 Å². The number of carbonyl (C=O) groups is 1. The minimum Gasteiger partial charge on any atom is -0.301 e. The van der Waals surface area contributed by atoms with Crippen LogP contribution in [0.25, 0.3) is 0 Å². The molecule has 0 atom stereocenters. The summed E-state index contributed by atoms with van der Waals surface area (Å²) in [7, 11) is -2.43. The summed E-state index contributed by atoms with van der Waals surface area (Å²) in [6.07, 6.45) is 0.222. The lowest BCUT2D eigenvalue weighted by molar-refractivity contribution is -0.115. The molecule has 4 nitrogen and oxygen atoms in total. The molecular weight excluding hydrogens is 202 g/mol. The third-order valence-electron chi connectivity index (χ3n) is 2.24. The normalized spacial score (nSPS) is 24.9. The van der Waals surface area contributed by atoms with Gasteiger partial charge in [-0.25, -0.2) is 0 Å². The van der Waals surface area contributed by atoms with Gasteiger partial charge in [0.15, 0.2) is 5.78 Å². The number of hydrogen-bond acceptors (Lipinski definition) is 4. The molecule has 0 unspecified atom stereocenters. The molecular formula is C9H15NO3S. The Morgan fingerprint density at radius 2 is 1.71 bits per heavy atom. The molecule has 1 saturated heterocycles. The van der Waals surface area contributed by atoms with Gasteiger partial charge < -0.3 is 5.32 Å². The van der Waals surface area contributed by atoms with Crippen LogP contribution < -0.4 is 5.32 Å². The minimum atomic E-state index is -2.43. The van der Waals surface area contributed by atoms with E-state index < -0.39 is 15.8 Å². The summed E-state index contributed by atoms with van der Waals surface area (Å²) in [5.41, 5.74) is -1.12. The van der Waals surface area contributed by atoms with E-state index in [1.165, 1.54) is 0 Å². The summed E-state index contributed by atoms with van der Waals surface area (Å²) in [5.74, 6) is -0.285. The van der Waals surface area contributed by atoms with Crippen LogP contribution in [0.15, 0.2) is 0 Å². The molecule has 0 aromatic heterocycles. The summed E-state index contributed by atoms with van der Waals surface area (Å²) in [5, 5.41) is 3.14. The van der Waals surface area contributed by atoms with Crippen molar-refractivity contribution in [2.45, 2.75) is 45.2 Å². The summed E-state index contributed by atoms with van der Waals surface area (Å²) in [6.45, 7) is 7.18. The summed E-state index contributed by atoms with van der Waals surface area (Å²) < 4.78 is 21.8. The van der Waals surface area contributed by atoms with E-state index in [9.17, 15) is 13.2 Å². The molecule has 1 rings (SSSR count). The van der Waals surface area contributed by atoms with Gasteiger partial charge in [0, 0.05) is 12.0 Å². The summed E-state index contributed by atoms with van der Waals surface area (Å²) >= 11 is 0. The molecule has 0 aliphatic carbocycles. The zero-order chi connectivity index (χ0) is 11.1. The molecule has 0 aromatic carbocycles. The number of nitrogens with one attached hydrogen (secondary N) is 1.